The van der Waals surface area contributed by atoms with Gasteiger partial charge in [0, 0.05) is 11.4 Å². The Hall–Kier alpha value is -0.0900. The van der Waals surface area contributed by atoms with Crippen LogP contribution in [0.5, 0.6) is 0 Å². The molecule has 0 fully saturated rings. The maximum Gasteiger partial charge on any atom is 0.0558 e. The third-order valence-electron chi connectivity index (χ3n) is 2.24. The van der Waals surface area contributed by atoms with Crippen LogP contribution in [0.4, 0.5) is 0 Å². The Kier molecular flexibility index (Phi) is 7.05. The van der Waals surface area contributed by atoms with Crippen molar-refractivity contribution in [3.63, 3.8) is 0 Å². The monoisotopic (exact) mass is 260 g/mol. The molecule has 0 bridgehead atoms. The molecule has 2 N–H and O–H groups in total. The lowest BCUT2D eigenvalue weighted by Crippen LogP contribution is -2.24. The second-order valence-electron chi connectivity index (χ2n) is 4.32. The highest BCUT2D eigenvalue weighted by Gasteiger charge is 2.00. The predicted octanol–water partition coefficient (Wildman–Crippen LogP) is 3.13. The molecule has 92 valence electrons. The van der Waals surface area contributed by atoms with Crippen molar-refractivity contribution >= 4 is 22.9 Å². The molecule has 2 nitrogen and oxygen atoms in total. The quantitative estimate of drug-likeness (QED) is 0.702. The summed E-state index contributed by atoms with van der Waals surface area (Å²) >= 11 is 7.71. The molecule has 0 aliphatic heterocycles. The molecule has 0 atom stereocenters. The Morgan fingerprint density at radius 3 is 2.69 bits per heavy atom. The van der Waals surface area contributed by atoms with E-state index < -0.39 is 0 Å². The van der Waals surface area contributed by atoms with Crippen molar-refractivity contribution in [3.8, 4) is 0 Å². The van der Waals surface area contributed by atoms with Crippen LogP contribution >= 0.6 is 22.9 Å². The summed E-state index contributed by atoms with van der Waals surface area (Å²) in [4.78, 5) is 1.23. The number of rotatable bonds is 8. The summed E-state index contributed by atoms with van der Waals surface area (Å²) in [5.41, 5.74) is 0. The minimum atomic E-state index is 0.734. The van der Waals surface area contributed by atoms with Crippen LogP contribution in [-0.2, 0) is 6.54 Å². The molecule has 0 unspecified atom stereocenters. The molecule has 0 spiro atoms. The maximum absolute atomic E-state index is 6.00. The highest BCUT2D eigenvalue weighted by molar-refractivity contribution is 7.10. The lowest BCUT2D eigenvalue weighted by Gasteiger charge is -2.07. The Morgan fingerprint density at radius 2 is 2.06 bits per heavy atom. The molecule has 1 aromatic heterocycles. The van der Waals surface area contributed by atoms with E-state index in [0.717, 1.165) is 43.5 Å². The molecule has 1 aromatic rings. The fourth-order valence-electron chi connectivity index (χ4n) is 1.38. The van der Waals surface area contributed by atoms with Crippen LogP contribution in [0, 0.1) is 5.92 Å². The smallest absolute Gasteiger partial charge is 0.0558 e. The van der Waals surface area contributed by atoms with Crippen molar-refractivity contribution in [3.05, 3.63) is 21.3 Å². The van der Waals surface area contributed by atoms with Gasteiger partial charge in [-0.15, -0.1) is 11.3 Å². The van der Waals surface area contributed by atoms with E-state index in [4.69, 9.17) is 11.6 Å². The molecule has 1 rings (SSSR count). The summed E-state index contributed by atoms with van der Waals surface area (Å²) in [5, 5.41) is 9.75. The molecule has 0 saturated heterocycles. The Morgan fingerprint density at radius 1 is 1.31 bits per heavy atom. The van der Waals surface area contributed by atoms with Crippen LogP contribution in [-0.4, -0.2) is 19.6 Å². The second-order valence-corrected chi connectivity index (χ2v) is 5.73. The van der Waals surface area contributed by atoms with Crippen molar-refractivity contribution in [2.45, 2.75) is 26.8 Å². The fourth-order valence-corrected chi connectivity index (χ4v) is 2.45. The third-order valence-corrected chi connectivity index (χ3v) is 3.62. The molecular formula is C12H21ClN2S. The van der Waals surface area contributed by atoms with Crippen molar-refractivity contribution < 1.29 is 0 Å². The second kappa shape index (κ2) is 8.07. The number of thiophene rings is 1. The van der Waals surface area contributed by atoms with Gasteiger partial charge in [0.05, 0.1) is 5.02 Å². The molecule has 0 amide bonds. The van der Waals surface area contributed by atoms with Crippen LogP contribution < -0.4 is 10.6 Å². The predicted molar refractivity (Wildman–Crippen MR) is 73.4 cm³/mol. The SMILES string of the molecule is CC(C)CNCCCNCc1sccc1Cl. The average Bonchev–Trinajstić information content (AvgIpc) is 2.62. The topological polar surface area (TPSA) is 24.1 Å². The van der Waals surface area contributed by atoms with E-state index in [1.807, 2.05) is 11.4 Å². The van der Waals surface area contributed by atoms with Crippen LogP contribution in [0.3, 0.4) is 0 Å². The van der Waals surface area contributed by atoms with E-state index in [9.17, 15) is 0 Å². The van der Waals surface area contributed by atoms with E-state index in [2.05, 4.69) is 24.5 Å². The minimum Gasteiger partial charge on any atom is -0.316 e. The van der Waals surface area contributed by atoms with Crippen molar-refractivity contribution in [1.29, 1.82) is 0 Å². The van der Waals surface area contributed by atoms with E-state index in [-0.39, 0.29) is 0 Å². The van der Waals surface area contributed by atoms with Gasteiger partial charge in [-0.25, -0.2) is 0 Å². The van der Waals surface area contributed by atoms with Gasteiger partial charge in [0.15, 0.2) is 0 Å². The Bertz CT molecular complexity index is 286. The van der Waals surface area contributed by atoms with Crippen LogP contribution in [0.1, 0.15) is 25.1 Å². The van der Waals surface area contributed by atoms with E-state index in [1.165, 1.54) is 4.88 Å². The van der Waals surface area contributed by atoms with Crippen molar-refractivity contribution in [1.82, 2.24) is 10.6 Å². The number of hydrogen-bond donors (Lipinski definition) is 2. The van der Waals surface area contributed by atoms with E-state index >= 15 is 0 Å². The van der Waals surface area contributed by atoms with Gasteiger partial charge in [-0.2, -0.15) is 0 Å². The van der Waals surface area contributed by atoms with Crippen LogP contribution in [0.15, 0.2) is 11.4 Å². The first-order chi connectivity index (χ1) is 7.70. The molecule has 0 radical (unpaired) electrons. The summed E-state index contributed by atoms with van der Waals surface area (Å²) in [5.74, 6) is 0.734. The van der Waals surface area contributed by atoms with Crippen LogP contribution in [0.25, 0.3) is 0 Å². The van der Waals surface area contributed by atoms with Crippen LogP contribution in [0.2, 0.25) is 5.02 Å². The average molecular weight is 261 g/mol. The van der Waals surface area contributed by atoms with Gasteiger partial charge in [-0.3, -0.25) is 0 Å². The number of hydrogen-bond acceptors (Lipinski definition) is 3. The van der Waals surface area contributed by atoms with E-state index in [1.54, 1.807) is 11.3 Å². The maximum atomic E-state index is 6.00. The molecule has 4 heteroatoms. The first-order valence-corrected chi connectivity index (χ1v) is 7.09. The minimum absolute atomic E-state index is 0.734. The summed E-state index contributed by atoms with van der Waals surface area (Å²) in [6.45, 7) is 8.58. The summed E-state index contributed by atoms with van der Waals surface area (Å²) in [6.07, 6.45) is 1.16. The Labute approximate surface area is 107 Å². The largest absolute Gasteiger partial charge is 0.316 e. The highest BCUT2D eigenvalue weighted by atomic mass is 35.5. The highest BCUT2D eigenvalue weighted by Crippen LogP contribution is 2.21. The molecule has 1 heterocycles. The first-order valence-electron chi connectivity index (χ1n) is 5.83. The molecule has 0 aromatic carbocycles. The van der Waals surface area contributed by atoms with Gasteiger partial charge in [0.25, 0.3) is 0 Å². The van der Waals surface area contributed by atoms with Gasteiger partial charge in [0.1, 0.15) is 0 Å². The van der Waals surface area contributed by atoms with Gasteiger partial charge < -0.3 is 10.6 Å². The van der Waals surface area contributed by atoms with Crippen molar-refractivity contribution in [2.75, 3.05) is 19.6 Å². The number of halogens is 1. The lowest BCUT2D eigenvalue weighted by molar-refractivity contribution is 0.531. The Balaban J connectivity index is 1.94. The summed E-state index contributed by atoms with van der Waals surface area (Å²) < 4.78 is 0. The zero-order valence-corrected chi connectivity index (χ0v) is 11.6. The fraction of sp³-hybridized carbons (Fsp3) is 0.667. The third kappa shape index (κ3) is 5.85. The first kappa shape index (κ1) is 14.0. The molecule has 0 saturated carbocycles. The van der Waals surface area contributed by atoms with Gasteiger partial charge in [-0.1, -0.05) is 25.4 Å². The molecular weight excluding hydrogens is 240 g/mol. The lowest BCUT2D eigenvalue weighted by atomic mass is 10.2. The van der Waals surface area contributed by atoms with Gasteiger partial charge in [0.2, 0.25) is 0 Å². The standard InChI is InChI=1S/C12H21ClN2S/c1-10(2)8-14-5-3-6-15-9-12-11(13)4-7-16-12/h4,7,10,14-15H,3,5-6,8-9H2,1-2H3. The zero-order chi connectivity index (χ0) is 11.8. The van der Waals surface area contributed by atoms with E-state index in [0.29, 0.717) is 0 Å². The molecule has 16 heavy (non-hydrogen) atoms. The normalized spacial score (nSPS) is 11.2. The van der Waals surface area contributed by atoms with Gasteiger partial charge in [-0.05, 0) is 43.4 Å². The summed E-state index contributed by atoms with van der Waals surface area (Å²) in [7, 11) is 0. The van der Waals surface area contributed by atoms with Gasteiger partial charge >= 0.3 is 0 Å². The number of nitrogens with one attached hydrogen (secondary N) is 2. The molecule has 0 aliphatic rings. The zero-order valence-electron chi connectivity index (χ0n) is 10.1. The van der Waals surface area contributed by atoms with Crippen molar-refractivity contribution in [2.24, 2.45) is 5.92 Å². The summed E-state index contributed by atoms with van der Waals surface area (Å²) in [6, 6.07) is 1.95. The molecule has 0 aliphatic carbocycles.